The molecule has 1 aliphatic heterocycles. The van der Waals surface area contributed by atoms with E-state index < -0.39 is 52.7 Å². The number of aryl methyl sites for hydroxylation is 1. The lowest BCUT2D eigenvalue weighted by molar-refractivity contribution is -0.139. The molecule has 1 unspecified atom stereocenters. The molecule has 0 bridgehead atoms. The van der Waals surface area contributed by atoms with Crippen LogP contribution in [-0.4, -0.2) is 58.6 Å². The number of carboxylic acid groups (broad SMARTS) is 1. The number of carboxylic acids is 1. The first-order valence-electron chi connectivity index (χ1n) is 12.8. The fourth-order valence-electron chi connectivity index (χ4n) is 5.25. The Labute approximate surface area is 239 Å². The number of ether oxygens (including phenoxy) is 2. The van der Waals surface area contributed by atoms with Crippen LogP contribution in [0.3, 0.4) is 0 Å². The minimum atomic E-state index is -4.80. The lowest BCUT2D eigenvalue weighted by Crippen LogP contribution is -2.36. The third kappa shape index (κ3) is 5.51. The number of carbonyl (C=O) groups is 1. The predicted octanol–water partition coefficient (Wildman–Crippen LogP) is 4.57. The highest BCUT2D eigenvalue weighted by molar-refractivity contribution is 7.89. The number of halogens is 3. The first-order chi connectivity index (χ1) is 19.8. The van der Waals surface area contributed by atoms with Crippen LogP contribution in [0.1, 0.15) is 41.5 Å². The third-order valence-corrected chi connectivity index (χ3v) is 8.98. The molecule has 1 aromatic heterocycles. The fraction of sp³-hybridized carbons (Fsp3) is 0.321. The van der Waals surface area contributed by atoms with Gasteiger partial charge in [-0.05, 0) is 53.9 Å². The van der Waals surface area contributed by atoms with E-state index >= 15 is 0 Å². The Morgan fingerprint density at radius 3 is 2.60 bits per heavy atom. The Morgan fingerprint density at radius 1 is 1.17 bits per heavy atom. The van der Waals surface area contributed by atoms with Gasteiger partial charge in [0, 0.05) is 19.5 Å². The monoisotopic (exact) mass is 604 g/mol. The fourth-order valence-corrected chi connectivity index (χ4v) is 6.87. The van der Waals surface area contributed by atoms with Crippen molar-refractivity contribution < 1.29 is 41.0 Å². The van der Waals surface area contributed by atoms with Crippen LogP contribution in [0.4, 0.5) is 13.2 Å². The molecule has 2 atom stereocenters. The Balaban J connectivity index is 1.63. The van der Waals surface area contributed by atoms with Crippen molar-refractivity contribution in [2.75, 3.05) is 13.7 Å². The van der Waals surface area contributed by atoms with Gasteiger partial charge in [0.1, 0.15) is 33.5 Å². The standard InChI is InChI=1S/C28H27F3N4O6S/c1-16-14-35(42(38,39)25-7-5-4-6-23(25)41-16)15-19-10-17(8-9-21(19)28(29,30)31)20(13-26(36)37)18-11-22-27(24(12-18)40-3)34(2)33-32-22/h4-12,16,20H,13-15H2,1-3H3,(H,36,37)/t16-,20?/m1/s1. The van der Waals surface area contributed by atoms with E-state index in [-0.39, 0.29) is 28.3 Å². The van der Waals surface area contributed by atoms with E-state index in [4.69, 9.17) is 9.47 Å². The average Bonchev–Trinajstić information content (AvgIpc) is 3.26. The molecule has 0 spiro atoms. The first kappa shape index (κ1) is 29.3. The molecule has 4 aromatic rings. The van der Waals surface area contributed by atoms with Crippen LogP contribution in [0.15, 0.2) is 59.5 Å². The van der Waals surface area contributed by atoms with Crippen molar-refractivity contribution >= 4 is 27.0 Å². The minimum Gasteiger partial charge on any atom is -0.494 e. The first-order valence-corrected chi connectivity index (χ1v) is 14.3. The van der Waals surface area contributed by atoms with E-state index in [1.807, 2.05) is 0 Å². The Bertz CT molecular complexity index is 1770. The van der Waals surface area contributed by atoms with Gasteiger partial charge in [-0.15, -0.1) is 5.10 Å². The summed E-state index contributed by atoms with van der Waals surface area (Å²) in [6.45, 7) is 0.821. The van der Waals surface area contributed by atoms with Gasteiger partial charge in [-0.1, -0.05) is 29.5 Å². The molecule has 0 amide bonds. The number of hydrogen-bond donors (Lipinski definition) is 1. The second kappa shape index (κ2) is 10.9. The molecule has 0 saturated heterocycles. The number of alkyl halides is 3. The largest absolute Gasteiger partial charge is 0.494 e. The molecular weight excluding hydrogens is 577 g/mol. The topological polar surface area (TPSA) is 124 Å². The van der Waals surface area contributed by atoms with Crippen LogP contribution < -0.4 is 9.47 Å². The number of aromatic nitrogens is 3. The van der Waals surface area contributed by atoms with Crippen molar-refractivity contribution in [2.45, 2.75) is 43.0 Å². The number of methoxy groups -OCH3 is 1. The summed E-state index contributed by atoms with van der Waals surface area (Å²) in [5.74, 6) is -1.61. The lowest BCUT2D eigenvalue weighted by atomic mass is 9.86. The van der Waals surface area contributed by atoms with Gasteiger partial charge >= 0.3 is 12.1 Å². The highest BCUT2D eigenvalue weighted by Crippen LogP contribution is 2.40. The Morgan fingerprint density at radius 2 is 1.90 bits per heavy atom. The van der Waals surface area contributed by atoms with Crippen molar-refractivity contribution in [3.05, 3.63) is 76.9 Å². The molecule has 1 aliphatic rings. The summed E-state index contributed by atoms with van der Waals surface area (Å²) in [7, 11) is -1.14. The molecule has 42 heavy (non-hydrogen) atoms. The molecule has 10 nitrogen and oxygen atoms in total. The second-order valence-corrected chi connectivity index (χ2v) is 11.9. The molecule has 1 N–H and O–H groups in total. The van der Waals surface area contributed by atoms with E-state index in [0.29, 0.717) is 22.3 Å². The molecule has 0 fully saturated rings. The summed E-state index contributed by atoms with van der Waals surface area (Å²) < 4.78 is 83.5. The van der Waals surface area contributed by atoms with E-state index in [9.17, 15) is 31.5 Å². The van der Waals surface area contributed by atoms with E-state index in [2.05, 4.69) is 10.3 Å². The molecule has 2 heterocycles. The number of nitrogens with zero attached hydrogens (tertiary/aromatic N) is 4. The zero-order valence-corrected chi connectivity index (χ0v) is 23.6. The van der Waals surface area contributed by atoms with Gasteiger partial charge in [-0.25, -0.2) is 13.1 Å². The average molecular weight is 605 g/mol. The Kier molecular flexibility index (Phi) is 7.62. The predicted molar refractivity (Wildman–Crippen MR) is 145 cm³/mol. The van der Waals surface area contributed by atoms with Crippen molar-refractivity contribution in [1.29, 1.82) is 0 Å². The van der Waals surface area contributed by atoms with Crippen LogP contribution in [0.2, 0.25) is 0 Å². The maximum absolute atomic E-state index is 14.2. The number of rotatable bonds is 7. The van der Waals surface area contributed by atoms with Crippen molar-refractivity contribution in [3.63, 3.8) is 0 Å². The number of para-hydroxylation sites is 1. The summed E-state index contributed by atoms with van der Waals surface area (Å²) in [6.07, 6.45) is -5.90. The highest BCUT2D eigenvalue weighted by atomic mass is 32.2. The number of hydrogen-bond acceptors (Lipinski definition) is 7. The quantitative estimate of drug-likeness (QED) is 0.325. The van der Waals surface area contributed by atoms with Gasteiger partial charge in [-0.3, -0.25) is 4.79 Å². The molecule has 0 aliphatic carbocycles. The van der Waals surface area contributed by atoms with E-state index in [1.165, 1.54) is 42.1 Å². The highest BCUT2D eigenvalue weighted by Gasteiger charge is 2.38. The maximum Gasteiger partial charge on any atom is 0.416 e. The Hall–Kier alpha value is -4.17. The van der Waals surface area contributed by atoms with Crippen LogP contribution in [0.25, 0.3) is 11.0 Å². The number of fused-ring (bicyclic) bond motifs is 2. The number of benzene rings is 3. The molecule has 0 radical (unpaired) electrons. The minimum absolute atomic E-state index is 0.118. The van der Waals surface area contributed by atoms with Gasteiger partial charge in [0.25, 0.3) is 0 Å². The third-order valence-electron chi connectivity index (χ3n) is 7.13. The SMILES string of the molecule is COc1cc(C(CC(=O)O)c2ccc(C(F)(F)F)c(CN3C[C@@H](C)Oc4ccccc4S3(=O)=O)c2)cc2nnn(C)c12. The van der Waals surface area contributed by atoms with Crippen LogP contribution in [-0.2, 0) is 34.6 Å². The van der Waals surface area contributed by atoms with Gasteiger partial charge in [-0.2, -0.15) is 17.5 Å². The smallest absolute Gasteiger partial charge is 0.416 e. The molecule has 5 rings (SSSR count). The number of aliphatic carboxylic acids is 1. The van der Waals surface area contributed by atoms with Crippen LogP contribution >= 0.6 is 0 Å². The normalized spacial score (nSPS) is 17.7. The van der Waals surface area contributed by atoms with Crippen molar-refractivity contribution in [3.8, 4) is 11.5 Å². The van der Waals surface area contributed by atoms with E-state index in [0.717, 1.165) is 10.4 Å². The molecule has 14 heteroatoms. The lowest BCUT2D eigenvalue weighted by Gasteiger charge is -2.25. The molecular formula is C28H27F3N4O6S. The molecule has 222 valence electrons. The van der Waals surface area contributed by atoms with Gasteiger partial charge in [0.2, 0.25) is 10.0 Å². The summed E-state index contributed by atoms with van der Waals surface area (Å²) in [6, 6.07) is 12.5. The summed E-state index contributed by atoms with van der Waals surface area (Å²) >= 11 is 0. The summed E-state index contributed by atoms with van der Waals surface area (Å²) in [4.78, 5) is 11.8. The zero-order valence-electron chi connectivity index (χ0n) is 22.8. The molecule has 3 aromatic carbocycles. The summed E-state index contributed by atoms with van der Waals surface area (Å²) in [5.41, 5.74) is 0.319. The second-order valence-electron chi connectivity index (χ2n) is 10.0. The van der Waals surface area contributed by atoms with Gasteiger partial charge < -0.3 is 14.6 Å². The van der Waals surface area contributed by atoms with Gasteiger partial charge in [0.15, 0.2) is 0 Å². The van der Waals surface area contributed by atoms with Crippen LogP contribution in [0, 0.1) is 0 Å². The van der Waals surface area contributed by atoms with Gasteiger partial charge in [0.05, 0.1) is 25.6 Å². The maximum atomic E-state index is 14.2. The number of sulfonamides is 1. The molecule has 0 saturated carbocycles. The van der Waals surface area contributed by atoms with E-state index in [1.54, 1.807) is 32.2 Å². The summed E-state index contributed by atoms with van der Waals surface area (Å²) in [5, 5.41) is 17.8. The van der Waals surface area contributed by atoms with Crippen molar-refractivity contribution in [1.82, 2.24) is 19.3 Å². The van der Waals surface area contributed by atoms with Crippen molar-refractivity contribution in [2.24, 2.45) is 7.05 Å². The zero-order chi connectivity index (χ0) is 30.4. The van der Waals surface area contributed by atoms with Crippen LogP contribution in [0.5, 0.6) is 11.5 Å².